The molecule has 30 heteroatoms. The molecule has 0 atom stereocenters. The molecule has 2 heterocycles. The molecule has 244 valence electrons. The number of hydrogen-bond acceptors (Lipinski definition) is 14. The molecule has 0 aliphatic heterocycles. The van der Waals surface area contributed by atoms with Crippen LogP contribution in [0.3, 0.4) is 0 Å². The molecule has 26 nitrogen and oxygen atoms in total. The van der Waals surface area contributed by atoms with Gasteiger partial charge in [-0.3, -0.25) is 26.8 Å². The predicted octanol–water partition coefficient (Wildman–Crippen LogP) is -13.4. The van der Waals surface area contributed by atoms with Gasteiger partial charge in [0.1, 0.15) is 11.6 Å². The van der Waals surface area contributed by atoms with Gasteiger partial charge < -0.3 is 95.4 Å². The third-order valence-corrected chi connectivity index (χ3v) is 1.17. The zero-order valence-corrected chi connectivity index (χ0v) is 22.8. The Morgan fingerprint density at radius 1 is 0.500 bits per heavy atom. The predicted molar refractivity (Wildman–Crippen MR) is 130 cm³/mol. The fourth-order valence-electron chi connectivity index (χ4n) is 0.621. The van der Waals surface area contributed by atoms with E-state index in [4.69, 9.17) is 46.5 Å². The second-order valence-electron chi connectivity index (χ2n) is 3.08. The van der Waals surface area contributed by atoms with Gasteiger partial charge in [0.15, 0.2) is 0 Å². The van der Waals surface area contributed by atoms with Crippen LogP contribution in [0.2, 0.25) is 0 Å². The van der Waals surface area contributed by atoms with Crippen molar-refractivity contribution in [2.45, 2.75) is 0 Å². The van der Waals surface area contributed by atoms with E-state index in [1.807, 2.05) is 0 Å². The van der Waals surface area contributed by atoms with E-state index in [0.29, 0.717) is 11.6 Å². The number of aromatic nitrogens is 4. The van der Waals surface area contributed by atoms with Crippen LogP contribution in [0.25, 0.3) is 0 Å². The molecule has 0 aromatic carbocycles. The topological polar surface area (TPSA) is 657 Å². The Kier molecular flexibility index (Phi) is 174. The summed E-state index contributed by atoms with van der Waals surface area (Å²) in [6.45, 7) is 0. The van der Waals surface area contributed by atoms with Crippen molar-refractivity contribution in [3.05, 3.63) is 37.2 Å². The van der Waals surface area contributed by atoms with E-state index in [-0.39, 0.29) is 99.9 Å². The fraction of sp³-hybridized carbons (Fsp3) is 0. The average molecular weight is 720 g/mol. The first-order valence-electron chi connectivity index (χ1n) is 5.15. The molecule has 0 spiro atoms. The molecule has 0 bridgehead atoms. The van der Waals surface area contributed by atoms with E-state index in [1.165, 1.54) is 12.4 Å². The van der Waals surface area contributed by atoms with Crippen LogP contribution in [0.1, 0.15) is 0 Å². The van der Waals surface area contributed by atoms with Gasteiger partial charge in [0, 0.05) is 45.6 Å². The van der Waals surface area contributed by atoms with Crippen molar-refractivity contribution < 1.29 is 135 Å². The second-order valence-corrected chi connectivity index (χ2v) is 4.71. The number of anilines is 2. The molecule has 0 saturated heterocycles. The SMILES string of the molecule is Nc1cnccn1.Nc1cnccn1.O.O.O=S(=O)([O-])[O-].O=S(=O)([O-])[O-].[Fe+2].[Fe+2].[OH3+].[OH3+].[OH3+].[OH3+].[OH3+].[OH3+].[OH3+].[OH3+].[OH3+].[OH3+]. The van der Waals surface area contributed by atoms with Crippen molar-refractivity contribution in [1.29, 1.82) is 0 Å². The summed E-state index contributed by atoms with van der Waals surface area (Å²) < 4.78 is 68.2. The standard InChI is InChI=1S/2C4H5N3.2Fe.2H2O4S.12H2O/c2*5-4-3-6-1-2-7-4;;;2*1-5(2,3)4;;;;;;;;;;;;/h2*1-3H,(H2,5,7);;;2*(H2,1,2,3,4);12*1H2/q;;2*+2;;;;;;;;;;;;;;/p+6. The minimum Gasteiger partial charge on any atom is -0.759 e. The Bertz CT molecular complexity index is 697. The van der Waals surface area contributed by atoms with Crippen molar-refractivity contribution in [3.63, 3.8) is 0 Å². The summed E-state index contributed by atoms with van der Waals surface area (Å²) in [5, 5.41) is 0. The molecule has 0 radical (unpaired) electrons. The molecule has 0 amide bonds. The molecule has 0 aliphatic rings. The molecule has 2 aromatic rings. The number of hydrogen-bond donors (Lipinski definition) is 2. The summed E-state index contributed by atoms with van der Waals surface area (Å²) in [7, 11) is -10.3. The van der Waals surface area contributed by atoms with E-state index in [2.05, 4.69) is 19.9 Å². The average Bonchev–Trinajstić information content (AvgIpc) is 2.37. The minimum absolute atomic E-state index is 0. The first-order valence-corrected chi connectivity index (χ1v) is 7.82. The van der Waals surface area contributed by atoms with Gasteiger partial charge in [0.2, 0.25) is 0 Å². The summed E-state index contributed by atoms with van der Waals surface area (Å²) in [4.78, 5) is 14.8. The molecule has 0 unspecified atom stereocenters. The van der Waals surface area contributed by atoms with Crippen molar-refractivity contribution in [1.82, 2.24) is 19.9 Å². The Morgan fingerprint density at radius 3 is 0.711 bits per heavy atom. The van der Waals surface area contributed by atoms with Crippen molar-refractivity contribution in [2.24, 2.45) is 0 Å². The van der Waals surface area contributed by atoms with Crippen LogP contribution in [0.5, 0.6) is 0 Å². The zero-order chi connectivity index (χ0) is 19.2. The summed E-state index contributed by atoms with van der Waals surface area (Å²) in [6.07, 6.45) is 9.26. The fourth-order valence-corrected chi connectivity index (χ4v) is 0.621. The van der Waals surface area contributed by atoms with Crippen LogP contribution in [-0.4, -0.2) is 65.9 Å². The van der Waals surface area contributed by atoms with Crippen LogP contribution in [-0.2, 0) is 110 Å². The Hall–Kier alpha value is -1.94. The van der Waals surface area contributed by atoms with Gasteiger partial charge >= 0.3 is 34.1 Å². The smallest absolute Gasteiger partial charge is 0.759 e. The first kappa shape index (κ1) is 110. The van der Waals surface area contributed by atoms with E-state index in [9.17, 15) is 0 Å². The van der Waals surface area contributed by atoms with Crippen LogP contribution < -0.4 is 11.5 Å². The van der Waals surface area contributed by atoms with Crippen LogP contribution in [0, 0.1) is 0 Å². The first-order chi connectivity index (χ1) is 10.8. The minimum atomic E-state index is -5.17. The van der Waals surface area contributed by atoms with E-state index < -0.39 is 20.8 Å². The molecule has 0 fully saturated rings. The van der Waals surface area contributed by atoms with E-state index in [1.54, 1.807) is 24.8 Å². The number of rotatable bonds is 0. The van der Waals surface area contributed by atoms with Gasteiger partial charge in [-0.1, -0.05) is 0 Å². The van der Waals surface area contributed by atoms with Gasteiger partial charge in [0.05, 0.1) is 12.4 Å². The van der Waals surface area contributed by atoms with Crippen LogP contribution in [0.15, 0.2) is 37.2 Å². The van der Waals surface area contributed by atoms with Gasteiger partial charge in [-0.25, -0.2) is 9.97 Å². The monoisotopic (exact) mass is 720 g/mol. The molecule has 2 aromatic heterocycles. The van der Waals surface area contributed by atoms with Gasteiger partial charge in [-0.2, -0.15) is 0 Å². The van der Waals surface area contributed by atoms with Gasteiger partial charge in [-0.15, -0.1) is 0 Å². The summed E-state index contributed by atoms with van der Waals surface area (Å²) >= 11 is 0. The number of nitrogens with zero attached hydrogens (tertiary/aromatic N) is 4. The second kappa shape index (κ2) is 59.9. The van der Waals surface area contributed by atoms with E-state index in [0.717, 1.165) is 0 Å². The Balaban J connectivity index is -0.0000000109. The molecular weight excluding hydrogens is 676 g/mol. The third kappa shape index (κ3) is 188. The van der Waals surface area contributed by atoms with Crippen LogP contribution >= 0.6 is 0 Å². The molecule has 2 rings (SSSR count). The zero-order valence-electron chi connectivity index (χ0n) is 19.0. The van der Waals surface area contributed by atoms with E-state index >= 15 is 0 Å². The molecular formula is C8H44Fe2N6O20S2+10. The molecule has 38 N–H and O–H groups in total. The van der Waals surface area contributed by atoms with Crippen molar-refractivity contribution >= 4 is 32.4 Å². The molecule has 0 aliphatic carbocycles. The molecule has 0 saturated carbocycles. The van der Waals surface area contributed by atoms with Gasteiger partial charge in [-0.05, 0) is 0 Å². The van der Waals surface area contributed by atoms with Gasteiger partial charge in [0.25, 0.3) is 0 Å². The summed E-state index contributed by atoms with van der Waals surface area (Å²) in [6, 6.07) is 0. The molecule has 38 heavy (non-hydrogen) atoms. The van der Waals surface area contributed by atoms with Crippen molar-refractivity contribution in [3.8, 4) is 0 Å². The summed E-state index contributed by atoms with van der Waals surface area (Å²) in [5.74, 6) is 0.921. The van der Waals surface area contributed by atoms with Crippen molar-refractivity contribution in [2.75, 3.05) is 11.5 Å². The maximum absolute atomic E-state index is 8.52. The Labute approximate surface area is 235 Å². The maximum atomic E-state index is 8.52. The summed E-state index contributed by atoms with van der Waals surface area (Å²) in [5.41, 5.74) is 10.4. The number of nitrogen functional groups attached to an aromatic ring is 2. The third-order valence-electron chi connectivity index (χ3n) is 1.17. The number of nitrogens with two attached hydrogens (primary N) is 2. The Morgan fingerprint density at radius 2 is 0.658 bits per heavy atom. The van der Waals surface area contributed by atoms with Crippen LogP contribution in [0.4, 0.5) is 11.6 Å². The normalized spacial score (nSPS) is 6.21. The largest absolute Gasteiger partial charge is 2.00 e. The quantitative estimate of drug-likeness (QED) is 0.110. The maximum Gasteiger partial charge on any atom is 2.00 e.